The zero-order valence-electron chi connectivity index (χ0n) is 14.5. The molecule has 8 heteroatoms. The molecule has 0 aliphatic heterocycles. The third kappa shape index (κ3) is 4.68. The number of benzene rings is 2. The number of nitrogens with zero attached hydrogens (tertiary/aromatic N) is 2. The monoisotopic (exact) mass is 373 g/mol. The van der Waals surface area contributed by atoms with Gasteiger partial charge < -0.3 is 14.8 Å². The van der Waals surface area contributed by atoms with Crippen LogP contribution in [-0.2, 0) is 4.74 Å². The molecule has 1 N–H and O–H groups in total. The molecule has 0 atom stereocenters. The van der Waals surface area contributed by atoms with Crippen LogP contribution in [0.4, 0.5) is 14.5 Å². The van der Waals surface area contributed by atoms with Crippen molar-refractivity contribution in [1.29, 1.82) is 0 Å². The maximum absolute atomic E-state index is 13.6. The van der Waals surface area contributed by atoms with Crippen LogP contribution in [0.5, 0.6) is 5.75 Å². The Morgan fingerprint density at radius 2 is 1.81 bits per heavy atom. The van der Waals surface area contributed by atoms with E-state index in [4.69, 9.17) is 9.47 Å². The molecule has 3 aromatic rings. The fourth-order valence-corrected chi connectivity index (χ4v) is 2.33. The van der Waals surface area contributed by atoms with Gasteiger partial charge in [0, 0.05) is 19.4 Å². The molecule has 140 valence electrons. The molecule has 0 bridgehead atoms. The zero-order valence-corrected chi connectivity index (χ0v) is 14.5. The number of hydrogen-bond acceptors (Lipinski definition) is 4. The molecular formula is C19H17F2N3O3. The number of ether oxygens (including phenoxy) is 2. The van der Waals surface area contributed by atoms with E-state index in [2.05, 4.69) is 10.4 Å². The minimum atomic E-state index is -0.530. The molecule has 3 rings (SSSR count). The summed E-state index contributed by atoms with van der Waals surface area (Å²) >= 11 is 0. The average molecular weight is 373 g/mol. The van der Waals surface area contributed by atoms with Gasteiger partial charge in [0.1, 0.15) is 24.0 Å². The maximum Gasteiger partial charge on any atom is 0.276 e. The minimum Gasteiger partial charge on any atom is -0.489 e. The molecule has 1 aromatic heterocycles. The van der Waals surface area contributed by atoms with Gasteiger partial charge in [-0.1, -0.05) is 0 Å². The number of methoxy groups -OCH3 is 1. The van der Waals surface area contributed by atoms with Gasteiger partial charge in [-0.25, -0.2) is 13.5 Å². The summed E-state index contributed by atoms with van der Waals surface area (Å²) in [6, 6.07) is 11.0. The molecule has 0 unspecified atom stereocenters. The fourth-order valence-electron chi connectivity index (χ4n) is 2.33. The molecule has 0 radical (unpaired) electrons. The summed E-state index contributed by atoms with van der Waals surface area (Å²) in [5, 5.41) is 6.75. The van der Waals surface area contributed by atoms with E-state index in [0.29, 0.717) is 18.0 Å². The first kappa shape index (κ1) is 18.5. The van der Waals surface area contributed by atoms with Gasteiger partial charge in [0.15, 0.2) is 5.69 Å². The summed E-state index contributed by atoms with van der Waals surface area (Å²) in [5.41, 5.74) is 0.906. The van der Waals surface area contributed by atoms with E-state index in [0.717, 1.165) is 6.07 Å². The molecule has 0 aliphatic rings. The molecule has 1 heterocycles. The van der Waals surface area contributed by atoms with E-state index < -0.39 is 11.7 Å². The topological polar surface area (TPSA) is 65.4 Å². The number of amides is 1. The van der Waals surface area contributed by atoms with Gasteiger partial charge in [0.2, 0.25) is 0 Å². The van der Waals surface area contributed by atoms with Crippen molar-refractivity contribution in [3.8, 4) is 11.4 Å². The summed E-state index contributed by atoms with van der Waals surface area (Å²) in [6.07, 6.45) is 1.57. The fraction of sp³-hybridized carbons (Fsp3) is 0.158. The highest BCUT2D eigenvalue weighted by molar-refractivity contribution is 6.03. The molecule has 0 saturated heterocycles. The quantitative estimate of drug-likeness (QED) is 0.645. The van der Waals surface area contributed by atoms with Crippen LogP contribution in [0.15, 0.2) is 54.7 Å². The van der Waals surface area contributed by atoms with Crippen molar-refractivity contribution in [3.05, 3.63) is 72.1 Å². The van der Waals surface area contributed by atoms with Gasteiger partial charge in [-0.3, -0.25) is 4.79 Å². The van der Waals surface area contributed by atoms with Crippen LogP contribution < -0.4 is 10.1 Å². The Bertz CT molecular complexity index is 926. The number of halogens is 2. The van der Waals surface area contributed by atoms with Crippen LogP contribution >= 0.6 is 0 Å². The van der Waals surface area contributed by atoms with Gasteiger partial charge >= 0.3 is 0 Å². The van der Waals surface area contributed by atoms with Crippen molar-refractivity contribution in [2.75, 3.05) is 25.6 Å². The summed E-state index contributed by atoms with van der Waals surface area (Å²) < 4.78 is 38.4. The predicted octanol–water partition coefficient (Wildman–Crippen LogP) is 3.43. The van der Waals surface area contributed by atoms with E-state index in [1.165, 1.54) is 42.1 Å². The molecule has 0 aliphatic carbocycles. The van der Waals surface area contributed by atoms with Crippen LogP contribution in [0.2, 0.25) is 0 Å². The number of anilines is 1. The third-order valence-electron chi connectivity index (χ3n) is 3.65. The molecule has 1 amide bonds. The summed E-state index contributed by atoms with van der Waals surface area (Å²) in [4.78, 5) is 12.5. The number of aromatic nitrogens is 2. The van der Waals surface area contributed by atoms with E-state index in [-0.39, 0.29) is 23.8 Å². The highest BCUT2D eigenvalue weighted by Gasteiger charge is 2.14. The minimum absolute atomic E-state index is 0.117. The molecule has 0 fully saturated rings. The van der Waals surface area contributed by atoms with E-state index >= 15 is 0 Å². The SMILES string of the molecule is COCCOc1ccc(F)cc1NC(=O)c1ccn(-c2ccc(F)cc2)n1. The van der Waals surface area contributed by atoms with Gasteiger partial charge in [-0.15, -0.1) is 0 Å². The Hall–Kier alpha value is -3.26. The van der Waals surface area contributed by atoms with Crippen LogP contribution in [0, 0.1) is 11.6 Å². The lowest BCUT2D eigenvalue weighted by Crippen LogP contribution is -2.15. The molecular weight excluding hydrogens is 356 g/mol. The van der Waals surface area contributed by atoms with Crippen LogP contribution in [-0.4, -0.2) is 36.0 Å². The average Bonchev–Trinajstić information content (AvgIpc) is 3.14. The first-order valence-electron chi connectivity index (χ1n) is 8.11. The lowest BCUT2D eigenvalue weighted by molar-refractivity contribution is 0.102. The normalized spacial score (nSPS) is 10.6. The Morgan fingerprint density at radius 1 is 1.07 bits per heavy atom. The third-order valence-corrected chi connectivity index (χ3v) is 3.65. The second-order valence-electron chi connectivity index (χ2n) is 5.56. The van der Waals surface area contributed by atoms with E-state index in [1.807, 2.05) is 0 Å². The van der Waals surface area contributed by atoms with Crippen LogP contribution in [0.1, 0.15) is 10.5 Å². The van der Waals surface area contributed by atoms with Crippen LogP contribution in [0.25, 0.3) is 5.69 Å². The largest absolute Gasteiger partial charge is 0.489 e. The first-order valence-corrected chi connectivity index (χ1v) is 8.11. The predicted molar refractivity (Wildman–Crippen MR) is 95.2 cm³/mol. The summed E-state index contributed by atoms with van der Waals surface area (Å²) in [6.45, 7) is 0.608. The van der Waals surface area contributed by atoms with Crippen molar-refractivity contribution in [2.45, 2.75) is 0 Å². The molecule has 0 saturated carbocycles. The summed E-state index contributed by atoms with van der Waals surface area (Å²) in [7, 11) is 1.54. The Kier molecular flexibility index (Phi) is 5.77. The molecule has 27 heavy (non-hydrogen) atoms. The van der Waals surface area contributed by atoms with Gasteiger partial charge in [-0.05, 0) is 42.5 Å². The number of rotatable bonds is 7. The summed E-state index contributed by atoms with van der Waals surface area (Å²) in [5.74, 6) is -1.09. The lowest BCUT2D eigenvalue weighted by atomic mass is 10.2. The lowest BCUT2D eigenvalue weighted by Gasteiger charge is -2.12. The van der Waals surface area contributed by atoms with Gasteiger partial charge in [0.05, 0.1) is 18.0 Å². The second kappa shape index (κ2) is 8.41. The Morgan fingerprint density at radius 3 is 2.56 bits per heavy atom. The first-order chi connectivity index (χ1) is 13.1. The smallest absolute Gasteiger partial charge is 0.276 e. The standard InChI is InChI=1S/C19H17F2N3O3/c1-26-10-11-27-18-7-4-14(21)12-17(18)22-19(25)16-8-9-24(23-16)15-5-2-13(20)3-6-15/h2-9,12H,10-11H2,1H3,(H,22,25). The zero-order chi connectivity index (χ0) is 19.2. The van der Waals surface area contributed by atoms with Gasteiger partial charge in [0.25, 0.3) is 5.91 Å². The highest BCUT2D eigenvalue weighted by Crippen LogP contribution is 2.26. The maximum atomic E-state index is 13.6. The van der Waals surface area contributed by atoms with Crippen molar-refractivity contribution < 1.29 is 23.0 Å². The number of carbonyl (C=O) groups is 1. The Labute approximate surface area is 154 Å². The van der Waals surface area contributed by atoms with Crippen molar-refractivity contribution in [1.82, 2.24) is 9.78 Å². The van der Waals surface area contributed by atoms with Gasteiger partial charge in [-0.2, -0.15) is 5.10 Å². The van der Waals surface area contributed by atoms with Crippen molar-refractivity contribution in [3.63, 3.8) is 0 Å². The molecule has 0 spiro atoms. The molecule has 2 aromatic carbocycles. The second-order valence-corrected chi connectivity index (χ2v) is 5.56. The van der Waals surface area contributed by atoms with E-state index in [9.17, 15) is 13.6 Å². The Balaban J connectivity index is 1.75. The number of nitrogens with one attached hydrogen (secondary N) is 1. The molecule has 6 nitrogen and oxygen atoms in total. The number of carbonyl (C=O) groups excluding carboxylic acids is 1. The van der Waals surface area contributed by atoms with E-state index in [1.54, 1.807) is 18.3 Å². The number of hydrogen-bond donors (Lipinski definition) is 1. The van der Waals surface area contributed by atoms with Crippen molar-refractivity contribution in [2.24, 2.45) is 0 Å². The van der Waals surface area contributed by atoms with Crippen molar-refractivity contribution >= 4 is 11.6 Å². The van der Waals surface area contributed by atoms with Crippen LogP contribution in [0.3, 0.4) is 0 Å². The highest BCUT2D eigenvalue weighted by atomic mass is 19.1.